The van der Waals surface area contributed by atoms with Gasteiger partial charge in [-0.15, -0.1) is 0 Å². The van der Waals surface area contributed by atoms with Crippen LogP contribution in [0.1, 0.15) is 0 Å². The van der Waals surface area contributed by atoms with Crippen LogP contribution in [-0.2, 0) is 16.8 Å². The molecule has 15 heavy (non-hydrogen) atoms. The van der Waals surface area contributed by atoms with Gasteiger partial charge in [-0.2, -0.15) is 4.57 Å². The summed E-state index contributed by atoms with van der Waals surface area (Å²) in [5.41, 5.74) is 0. The van der Waals surface area contributed by atoms with E-state index in [-0.39, 0.29) is 10.9 Å². The number of rotatable bonds is 3. The average Bonchev–Trinajstić information content (AvgIpc) is 2.31. The van der Waals surface area contributed by atoms with Gasteiger partial charge in [0.05, 0.1) is 10.9 Å². The van der Waals surface area contributed by atoms with Crippen LogP contribution >= 0.6 is 0 Å². The van der Waals surface area contributed by atoms with Gasteiger partial charge >= 0.3 is 5.88 Å². The maximum atomic E-state index is 2.29. The molecule has 1 aromatic carbocycles. The minimum Gasteiger partial charge on any atom is -0.160 e. The Morgan fingerprint density at radius 2 is 1.53 bits per heavy atom. The molecule has 0 aliphatic heterocycles. The second kappa shape index (κ2) is 4.99. The van der Waals surface area contributed by atoms with E-state index in [0.29, 0.717) is 0 Å². The van der Waals surface area contributed by atoms with E-state index in [4.69, 9.17) is 0 Å². The van der Waals surface area contributed by atoms with Crippen molar-refractivity contribution in [3.63, 3.8) is 0 Å². The molecule has 76 valence electrons. The molecule has 1 heterocycles. The molecule has 1 nitrogen and oxygen atoms in total. The van der Waals surface area contributed by atoms with E-state index >= 15 is 0 Å². The Morgan fingerprint density at radius 3 is 2.20 bits per heavy atom. The van der Waals surface area contributed by atoms with Gasteiger partial charge in [0, 0.05) is 12.1 Å². The Hall–Kier alpha value is -1.28. The van der Waals surface area contributed by atoms with Crippen LogP contribution in [0.2, 0.25) is 0 Å². The molecular formula is C13H15NS+2. The van der Waals surface area contributed by atoms with Crippen molar-refractivity contribution in [1.29, 1.82) is 0 Å². The summed E-state index contributed by atoms with van der Waals surface area (Å²) < 4.78 is 2.23. The molecule has 2 aromatic rings. The first-order chi connectivity index (χ1) is 7.36. The van der Waals surface area contributed by atoms with Gasteiger partial charge in [0.1, 0.15) is 6.26 Å². The van der Waals surface area contributed by atoms with E-state index in [1.165, 1.54) is 4.90 Å². The summed E-state index contributed by atoms with van der Waals surface area (Å²) in [6.07, 6.45) is 6.52. The molecule has 2 rings (SSSR count). The summed E-state index contributed by atoms with van der Waals surface area (Å²) in [6, 6.07) is 16.9. The van der Waals surface area contributed by atoms with Gasteiger partial charge in [-0.1, -0.05) is 24.3 Å². The fraction of sp³-hybridized carbons (Fsp3) is 0.154. The van der Waals surface area contributed by atoms with E-state index in [0.717, 1.165) is 5.88 Å². The van der Waals surface area contributed by atoms with Crippen LogP contribution in [0.3, 0.4) is 0 Å². The lowest BCUT2D eigenvalue weighted by Gasteiger charge is -1.98. The summed E-state index contributed by atoms with van der Waals surface area (Å²) in [4.78, 5) is 1.42. The molecule has 2 heteroatoms. The van der Waals surface area contributed by atoms with Crippen LogP contribution < -0.4 is 4.57 Å². The van der Waals surface area contributed by atoms with Crippen LogP contribution in [0.4, 0.5) is 0 Å². The zero-order chi connectivity index (χ0) is 10.5. The number of benzene rings is 1. The molecule has 0 amide bonds. The first-order valence-corrected chi connectivity index (χ1v) is 6.78. The third-order valence-electron chi connectivity index (χ3n) is 2.27. The number of hydrogen-bond acceptors (Lipinski definition) is 0. The van der Waals surface area contributed by atoms with Crippen LogP contribution in [-0.4, -0.2) is 6.26 Å². The average molecular weight is 217 g/mol. The highest BCUT2D eigenvalue weighted by Crippen LogP contribution is 2.09. The van der Waals surface area contributed by atoms with E-state index in [1.807, 2.05) is 6.07 Å². The Labute approximate surface area is 93.7 Å². The molecule has 0 aliphatic rings. The van der Waals surface area contributed by atoms with Gasteiger partial charge in [0.2, 0.25) is 0 Å². The van der Waals surface area contributed by atoms with Gasteiger partial charge in [0.25, 0.3) is 0 Å². The van der Waals surface area contributed by atoms with Crippen LogP contribution in [0, 0.1) is 0 Å². The minimum absolute atomic E-state index is 0.279. The number of pyridine rings is 1. The van der Waals surface area contributed by atoms with E-state index in [2.05, 4.69) is 65.7 Å². The molecule has 0 fully saturated rings. The van der Waals surface area contributed by atoms with Crippen LogP contribution in [0.15, 0.2) is 65.8 Å². The molecule has 1 aromatic heterocycles. The quantitative estimate of drug-likeness (QED) is 0.548. The number of aromatic nitrogens is 1. The monoisotopic (exact) mass is 217 g/mol. The van der Waals surface area contributed by atoms with E-state index < -0.39 is 0 Å². The normalized spacial score (nSPS) is 12.3. The molecule has 1 unspecified atom stereocenters. The first-order valence-electron chi connectivity index (χ1n) is 4.98. The van der Waals surface area contributed by atoms with Crippen molar-refractivity contribution in [2.45, 2.75) is 10.8 Å². The Kier molecular flexibility index (Phi) is 3.41. The van der Waals surface area contributed by atoms with Crippen molar-refractivity contribution in [2.75, 3.05) is 6.26 Å². The molecule has 0 spiro atoms. The minimum atomic E-state index is 0.279. The molecule has 0 saturated carbocycles. The van der Waals surface area contributed by atoms with Gasteiger partial charge in [-0.05, 0) is 12.1 Å². The SMILES string of the molecule is C[S+](C[n+]1ccccc1)c1ccccc1. The lowest BCUT2D eigenvalue weighted by Crippen LogP contribution is -2.36. The van der Waals surface area contributed by atoms with Crippen LogP contribution in [0.5, 0.6) is 0 Å². The summed E-state index contributed by atoms with van der Waals surface area (Å²) in [5.74, 6) is 1.06. The van der Waals surface area contributed by atoms with Gasteiger partial charge in [-0.25, -0.2) is 0 Å². The Bertz CT molecular complexity index is 399. The highest BCUT2D eigenvalue weighted by atomic mass is 32.2. The number of hydrogen-bond donors (Lipinski definition) is 0. The highest BCUT2D eigenvalue weighted by Gasteiger charge is 2.19. The fourth-order valence-corrected chi connectivity index (χ4v) is 2.86. The molecule has 0 N–H and O–H groups in total. The molecular weight excluding hydrogens is 202 g/mol. The van der Waals surface area contributed by atoms with E-state index in [1.54, 1.807) is 0 Å². The molecule has 0 bridgehead atoms. The molecule has 0 saturated heterocycles. The maximum absolute atomic E-state index is 2.29. The van der Waals surface area contributed by atoms with Crippen molar-refractivity contribution in [3.8, 4) is 0 Å². The van der Waals surface area contributed by atoms with Crippen molar-refractivity contribution in [2.24, 2.45) is 0 Å². The van der Waals surface area contributed by atoms with Crippen molar-refractivity contribution >= 4 is 10.9 Å². The van der Waals surface area contributed by atoms with Crippen molar-refractivity contribution in [1.82, 2.24) is 0 Å². The maximum Gasteiger partial charge on any atom is 0.304 e. The summed E-state index contributed by atoms with van der Waals surface area (Å²) in [7, 11) is 0.279. The Balaban J connectivity index is 2.08. The molecule has 1 atom stereocenters. The lowest BCUT2D eigenvalue weighted by atomic mass is 10.4. The molecule has 0 aliphatic carbocycles. The van der Waals surface area contributed by atoms with Crippen molar-refractivity contribution in [3.05, 3.63) is 60.9 Å². The van der Waals surface area contributed by atoms with Crippen molar-refractivity contribution < 1.29 is 4.57 Å². The standard InChI is InChI=1S/C13H15NS/c1-15(13-8-4-2-5-9-13)12-14-10-6-3-7-11-14/h2-11H,12H2,1H3/q+2. The lowest BCUT2D eigenvalue weighted by molar-refractivity contribution is -0.676. The topological polar surface area (TPSA) is 3.88 Å². The number of nitrogens with zero attached hydrogens (tertiary/aromatic N) is 1. The second-order valence-electron chi connectivity index (χ2n) is 3.47. The van der Waals surface area contributed by atoms with Gasteiger partial charge in [-0.3, -0.25) is 0 Å². The smallest absolute Gasteiger partial charge is 0.160 e. The third-order valence-corrected chi connectivity index (χ3v) is 4.03. The second-order valence-corrected chi connectivity index (χ2v) is 5.47. The van der Waals surface area contributed by atoms with Gasteiger partial charge in [0.15, 0.2) is 17.3 Å². The fourth-order valence-electron chi connectivity index (χ4n) is 1.47. The largest absolute Gasteiger partial charge is 0.304 e. The van der Waals surface area contributed by atoms with Gasteiger partial charge < -0.3 is 0 Å². The Morgan fingerprint density at radius 1 is 0.933 bits per heavy atom. The summed E-state index contributed by atoms with van der Waals surface area (Å²) in [6.45, 7) is 0. The predicted octanol–water partition coefficient (Wildman–Crippen LogP) is 2.24. The predicted molar refractivity (Wildman–Crippen MR) is 64.6 cm³/mol. The third kappa shape index (κ3) is 2.83. The van der Waals surface area contributed by atoms with E-state index in [9.17, 15) is 0 Å². The molecule has 0 radical (unpaired) electrons. The van der Waals surface area contributed by atoms with Crippen LogP contribution in [0.25, 0.3) is 0 Å². The zero-order valence-corrected chi connectivity index (χ0v) is 9.65. The first kappa shape index (κ1) is 10.2. The summed E-state index contributed by atoms with van der Waals surface area (Å²) >= 11 is 0. The zero-order valence-electron chi connectivity index (χ0n) is 8.84. The highest BCUT2D eigenvalue weighted by molar-refractivity contribution is 7.95. The summed E-state index contributed by atoms with van der Waals surface area (Å²) in [5, 5.41) is 0.